The van der Waals surface area contributed by atoms with Gasteiger partial charge in [0.05, 0.1) is 23.0 Å². The van der Waals surface area contributed by atoms with E-state index in [-0.39, 0.29) is 24.1 Å². The van der Waals surface area contributed by atoms with E-state index in [1.54, 1.807) is 6.92 Å². The molecule has 11 heteroatoms. The van der Waals surface area contributed by atoms with Crippen LogP contribution < -0.4 is 4.74 Å². The van der Waals surface area contributed by atoms with Crippen LogP contribution in [0.1, 0.15) is 34.6 Å². The molecular weight excluding hydrogens is 452 g/mol. The van der Waals surface area contributed by atoms with Gasteiger partial charge in [-0.15, -0.1) is 13.2 Å². The third-order valence-electron chi connectivity index (χ3n) is 5.50. The summed E-state index contributed by atoms with van der Waals surface area (Å²) in [7, 11) is 1.54. The summed E-state index contributed by atoms with van der Waals surface area (Å²) in [6, 6.07) is 6.10. The van der Waals surface area contributed by atoms with Crippen LogP contribution in [0.15, 0.2) is 36.4 Å². The van der Waals surface area contributed by atoms with Crippen LogP contribution in [-0.4, -0.2) is 33.5 Å². The summed E-state index contributed by atoms with van der Waals surface area (Å²) in [5.41, 5.74) is 1.22. The van der Waals surface area contributed by atoms with Gasteiger partial charge < -0.3 is 9.64 Å². The Morgan fingerprint density at radius 3 is 2.39 bits per heavy atom. The van der Waals surface area contributed by atoms with Gasteiger partial charge in [0.1, 0.15) is 5.75 Å². The number of hydrogen-bond donors (Lipinski definition) is 0. The van der Waals surface area contributed by atoms with Crippen LogP contribution in [0.5, 0.6) is 5.75 Å². The fourth-order valence-electron chi connectivity index (χ4n) is 4.09. The summed E-state index contributed by atoms with van der Waals surface area (Å²) in [6.07, 6.45) is -4.75. The van der Waals surface area contributed by atoms with Crippen LogP contribution in [0.4, 0.5) is 26.3 Å². The topological polar surface area (TPSA) is 47.4 Å². The second-order valence-corrected chi connectivity index (χ2v) is 7.56. The Hall–Kier alpha value is -3.50. The number of para-hydroxylation sites is 1. The van der Waals surface area contributed by atoms with Gasteiger partial charge in [0.2, 0.25) is 0 Å². The highest BCUT2D eigenvalue weighted by molar-refractivity contribution is 5.97. The maximum absolute atomic E-state index is 13.8. The maximum Gasteiger partial charge on any atom is 0.573 e. The third kappa shape index (κ3) is 4.14. The monoisotopic (exact) mass is 469 g/mol. The van der Waals surface area contributed by atoms with Gasteiger partial charge in [-0.25, -0.2) is 13.2 Å². The standard InChI is InChI=1S/C22H17F6N3O2/c1-11-19-14(20(30(2)29-19)12-9-15(23)18(25)16(24)10-12)7-8-31(11)21(32)13-5-3-4-6-17(13)33-22(26,27)28/h3-6,9-11H,7-8H2,1-2H3/t11-/m0/s1. The Morgan fingerprint density at radius 1 is 1.12 bits per heavy atom. The Labute approximate surface area is 184 Å². The summed E-state index contributed by atoms with van der Waals surface area (Å²) in [5.74, 6) is -5.57. The lowest BCUT2D eigenvalue weighted by Gasteiger charge is -2.33. The summed E-state index contributed by atoms with van der Waals surface area (Å²) in [6.45, 7) is 1.75. The van der Waals surface area contributed by atoms with Crippen LogP contribution in [-0.2, 0) is 13.5 Å². The molecule has 1 amide bonds. The molecule has 1 aliphatic rings. The molecule has 0 radical (unpaired) electrons. The molecule has 0 saturated carbocycles. The summed E-state index contributed by atoms with van der Waals surface area (Å²) in [5, 5.41) is 4.37. The fraction of sp³-hybridized carbons (Fsp3) is 0.273. The smallest absolute Gasteiger partial charge is 0.405 e. The van der Waals surface area contributed by atoms with Gasteiger partial charge in [0.25, 0.3) is 5.91 Å². The average molecular weight is 469 g/mol. The second kappa shape index (κ2) is 8.13. The molecule has 1 atom stereocenters. The van der Waals surface area contributed by atoms with E-state index in [4.69, 9.17) is 0 Å². The average Bonchev–Trinajstić information content (AvgIpc) is 3.07. The van der Waals surface area contributed by atoms with E-state index in [1.165, 1.54) is 34.8 Å². The molecule has 5 nitrogen and oxygen atoms in total. The number of rotatable bonds is 3. The molecule has 33 heavy (non-hydrogen) atoms. The molecule has 3 aromatic rings. The van der Waals surface area contributed by atoms with E-state index in [1.807, 2.05) is 0 Å². The lowest BCUT2D eigenvalue weighted by Crippen LogP contribution is -2.39. The van der Waals surface area contributed by atoms with E-state index in [0.717, 1.165) is 18.2 Å². The van der Waals surface area contributed by atoms with Crippen LogP contribution in [0.2, 0.25) is 0 Å². The number of aryl methyl sites for hydroxylation is 1. The molecule has 0 spiro atoms. The first-order valence-corrected chi connectivity index (χ1v) is 9.84. The number of carbonyl (C=O) groups is 1. The molecule has 1 aliphatic heterocycles. The van der Waals surface area contributed by atoms with Gasteiger partial charge in [-0.3, -0.25) is 9.48 Å². The van der Waals surface area contributed by atoms with Gasteiger partial charge in [-0.1, -0.05) is 12.1 Å². The molecular formula is C22H17F6N3O2. The minimum atomic E-state index is -4.97. The molecule has 174 valence electrons. The molecule has 0 unspecified atom stereocenters. The summed E-state index contributed by atoms with van der Waals surface area (Å²) >= 11 is 0. The van der Waals surface area contributed by atoms with Crippen molar-refractivity contribution in [1.29, 1.82) is 0 Å². The van der Waals surface area contributed by atoms with Crippen molar-refractivity contribution < 1.29 is 35.9 Å². The zero-order valence-corrected chi connectivity index (χ0v) is 17.4. The van der Waals surface area contributed by atoms with Crippen LogP contribution in [0.25, 0.3) is 11.3 Å². The Balaban J connectivity index is 1.70. The fourth-order valence-corrected chi connectivity index (χ4v) is 4.09. The molecule has 0 bridgehead atoms. The first kappa shape index (κ1) is 22.7. The van der Waals surface area contributed by atoms with Crippen LogP contribution >= 0.6 is 0 Å². The minimum Gasteiger partial charge on any atom is -0.405 e. The van der Waals surface area contributed by atoms with Crippen LogP contribution in [0.3, 0.4) is 0 Å². The molecule has 4 rings (SSSR count). The van der Waals surface area contributed by atoms with E-state index in [2.05, 4.69) is 9.84 Å². The van der Waals surface area contributed by atoms with Gasteiger partial charge in [0.15, 0.2) is 17.5 Å². The number of nitrogens with zero attached hydrogens (tertiary/aromatic N) is 3. The van der Waals surface area contributed by atoms with E-state index >= 15 is 0 Å². The van der Waals surface area contributed by atoms with E-state index in [9.17, 15) is 31.1 Å². The second-order valence-electron chi connectivity index (χ2n) is 7.56. The third-order valence-corrected chi connectivity index (χ3v) is 5.50. The summed E-state index contributed by atoms with van der Waals surface area (Å²) < 4.78 is 84.6. The zero-order chi connectivity index (χ0) is 24.1. The van der Waals surface area contributed by atoms with Crippen molar-refractivity contribution >= 4 is 5.91 Å². The summed E-state index contributed by atoms with van der Waals surface area (Å²) in [4.78, 5) is 14.5. The van der Waals surface area contributed by atoms with Gasteiger partial charge in [-0.05, 0) is 37.6 Å². The highest BCUT2D eigenvalue weighted by Crippen LogP contribution is 2.38. The quantitative estimate of drug-likeness (QED) is 0.393. The molecule has 1 aromatic heterocycles. The Bertz CT molecular complexity index is 1210. The Morgan fingerprint density at radius 2 is 1.76 bits per heavy atom. The van der Waals surface area contributed by atoms with E-state index < -0.39 is 41.5 Å². The first-order chi connectivity index (χ1) is 15.5. The SMILES string of the molecule is C[C@H]1c2nn(C)c(-c3cc(F)c(F)c(F)c3)c2CCN1C(=O)c1ccccc1OC(F)(F)F. The molecule has 0 saturated heterocycles. The van der Waals surface area contributed by atoms with E-state index in [0.29, 0.717) is 17.0 Å². The van der Waals surface area contributed by atoms with Gasteiger partial charge in [0, 0.05) is 24.7 Å². The lowest BCUT2D eigenvalue weighted by atomic mass is 9.95. The highest BCUT2D eigenvalue weighted by Gasteiger charge is 2.37. The lowest BCUT2D eigenvalue weighted by molar-refractivity contribution is -0.274. The number of aromatic nitrogens is 2. The predicted octanol–water partition coefficient (Wildman–Crippen LogP) is 5.16. The maximum atomic E-state index is 13.8. The van der Waals surface area contributed by atoms with Crippen LogP contribution in [0, 0.1) is 17.5 Å². The molecule has 2 aromatic carbocycles. The van der Waals surface area contributed by atoms with Crippen molar-refractivity contribution in [1.82, 2.24) is 14.7 Å². The molecule has 2 heterocycles. The Kier molecular flexibility index (Phi) is 5.59. The number of hydrogen-bond acceptors (Lipinski definition) is 3. The van der Waals surface area contributed by atoms with Gasteiger partial charge >= 0.3 is 6.36 Å². The van der Waals surface area contributed by atoms with Crippen molar-refractivity contribution in [3.8, 4) is 17.0 Å². The normalized spacial score (nSPS) is 16.0. The number of alkyl halides is 3. The largest absolute Gasteiger partial charge is 0.573 e. The highest BCUT2D eigenvalue weighted by atomic mass is 19.4. The molecule has 0 N–H and O–H groups in total. The number of halogens is 6. The van der Waals surface area contributed by atoms with Crippen molar-refractivity contribution in [2.24, 2.45) is 7.05 Å². The number of benzene rings is 2. The number of fused-ring (bicyclic) bond motifs is 1. The minimum absolute atomic E-state index is 0.0820. The van der Waals surface area contributed by atoms with Crippen molar-refractivity contribution in [2.75, 3.05) is 6.54 Å². The zero-order valence-electron chi connectivity index (χ0n) is 17.4. The predicted molar refractivity (Wildman–Crippen MR) is 105 cm³/mol. The van der Waals surface area contributed by atoms with Crippen molar-refractivity contribution in [3.05, 3.63) is 70.7 Å². The molecule has 0 aliphatic carbocycles. The van der Waals surface area contributed by atoms with Gasteiger partial charge in [-0.2, -0.15) is 5.10 Å². The number of ether oxygens (including phenoxy) is 1. The number of carbonyl (C=O) groups excluding carboxylic acids is 1. The number of amides is 1. The van der Waals surface area contributed by atoms with Crippen molar-refractivity contribution in [3.63, 3.8) is 0 Å². The van der Waals surface area contributed by atoms with Crippen molar-refractivity contribution in [2.45, 2.75) is 25.7 Å². The molecule has 0 fully saturated rings. The first-order valence-electron chi connectivity index (χ1n) is 9.84.